The summed E-state index contributed by atoms with van der Waals surface area (Å²) in [6.07, 6.45) is 41.3. The maximum atomic E-state index is 11.9. The molecule has 0 aromatic carbocycles. The lowest BCUT2D eigenvalue weighted by atomic mass is 10.0. The molecule has 6 nitrogen and oxygen atoms in total. The number of ether oxygens (including phenoxy) is 2. The lowest BCUT2D eigenvalue weighted by Gasteiger charge is -2.12. The molecule has 0 aliphatic heterocycles. The molecule has 0 spiro atoms. The van der Waals surface area contributed by atoms with Gasteiger partial charge in [-0.2, -0.15) is 0 Å². The Hall–Kier alpha value is -2.70. The normalized spacial score (nSPS) is 13.8. The Balaban J connectivity index is 3.71. The van der Waals surface area contributed by atoms with Crippen LogP contribution < -0.4 is 0 Å². The summed E-state index contributed by atoms with van der Waals surface area (Å²) in [4.78, 5) is 23.9. The van der Waals surface area contributed by atoms with Crippen LogP contribution in [0.15, 0.2) is 72.9 Å². The van der Waals surface area contributed by atoms with E-state index >= 15 is 0 Å². The Labute approximate surface area is 287 Å². The number of carbonyl (C=O) groups is 2. The van der Waals surface area contributed by atoms with E-state index in [0.29, 0.717) is 19.3 Å². The molecule has 0 saturated heterocycles. The van der Waals surface area contributed by atoms with E-state index in [0.717, 1.165) is 50.9 Å². The second kappa shape index (κ2) is 34.6. The van der Waals surface area contributed by atoms with Crippen LogP contribution in [0.3, 0.4) is 0 Å². The fourth-order valence-electron chi connectivity index (χ4n) is 4.67. The smallest absolute Gasteiger partial charge is 0.306 e. The summed E-state index contributed by atoms with van der Waals surface area (Å²) < 4.78 is 10.2. The van der Waals surface area contributed by atoms with Crippen molar-refractivity contribution in [2.75, 3.05) is 13.2 Å². The Morgan fingerprint density at radius 1 is 0.596 bits per heavy atom. The molecular weight excluding hydrogens is 588 g/mol. The van der Waals surface area contributed by atoms with Crippen molar-refractivity contribution in [2.45, 2.75) is 155 Å². The zero-order valence-corrected chi connectivity index (χ0v) is 30.0. The Bertz CT molecular complexity index is 911. The van der Waals surface area contributed by atoms with Gasteiger partial charge in [-0.25, -0.2) is 0 Å². The van der Waals surface area contributed by atoms with Crippen LogP contribution in [0.4, 0.5) is 0 Å². The standard InChI is InChI=1S/C41H68O6/c1-4-5-6-7-8-9-10-11-12-16-19-22-26-31-38(42)32-27-24-29-34-41(45)47-36-39(43)35-46-40(44)33-28-23-20-17-14-13-15-18-21-25-30-37(2)3/h5-6,8-9,11-12,19,22,24,26-27,31,37-39,42-43H,4,7,10,13-18,20-21,23,25,28-30,32-36H2,1-3H3/b6-5-,9-8-,12-11-,22-19-,27-24-,31-26-/t38?,39-/m0/s1. The zero-order valence-electron chi connectivity index (χ0n) is 30.0. The highest BCUT2D eigenvalue weighted by Crippen LogP contribution is 2.14. The number of esters is 2. The fraction of sp³-hybridized carbons (Fsp3) is 0.659. The van der Waals surface area contributed by atoms with Crippen molar-refractivity contribution in [3.8, 4) is 0 Å². The number of hydrogen-bond donors (Lipinski definition) is 2. The van der Waals surface area contributed by atoms with E-state index in [1.165, 1.54) is 51.4 Å². The molecule has 0 saturated carbocycles. The highest BCUT2D eigenvalue weighted by atomic mass is 16.6. The molecule has 0 amide bonds. The minimum absolute atomic E-state index is 0.171. The second-order valence-corrected chi connectivity index (χ2v) is 12.6. The van der Waals surface area contributed by atoms with E-state index in [4.69, 9.17) is 9.47 Å². The van der Waals surface area contributed by atoms with Gasteiger partial charge < -0.3 is 19.7 Å². The molecule has 6 heteroatoms. The molecule has 0 bridgehead atoms. The molecule has 2 atom stereocenters. The van der Waals surface area contributed by atoms with Crippen LogP contribution in [0.1, 0.15) is 143 Å². The van der Waals surface area contributed by atoms with Gasteiger partial charge in [0.2, 0.25) is 0 Å². The van der Waals surface area contributed by atoms with Crippen molar-refractivity contribution in [3.63, 3.8) is 0 Å². The van der Waals surface area contributed by atoms with Gasteiger partial charge in [0.15, 0.2) is 0 Å². The van der Waals surface area contributed by atoms with Gasteiger partial charge >= 0.3 is 11.9 Å². The van der Waals surface area contributed by atoms with Crippen LogP contribution in [0.2, 0.25) is 0 Å². The molecule has 1 unspecified atom stereocenters. The summed E-state index contributed by atoms with van der Waals surface area (Å²) in [6, 6.07) is 0. The van der Waals surface area contributed by atoms with Crippen molar-refractivity contribution < 1.29 is 29.3 Å². The molecular formula is C41H68O6. The number of carbonyl (C=O) groups excluding carboxylic acids is 2. The largest absolute Gasteiger partial charge is 0.463 e. The van der Waals surface area contributed by atoms with Crippen molar-refractivity contribution in [1.29, 1.82) is 0 Å². The summed E-state index contributed by atoms with van der Waals surface area (Å²) in [6.45, 7) is 6.34. The fourth-order valence-corrected chi connectivity index (χ4v) is 4.67. The molecule has 0 radical (unpaired) electrons. The van der Waals surface area contributed by atoms with Gasteiger partial charge in [-0.3, -0.25) is 9.59 Å². The van der Waals surface area contributed by atoms with Crippen LogP contribution in [0.25, 0.3) is 0 Å². The maximum Gasteiger partial charge on any atom is 0.306 e. The van der Waals surface area contributed by atoms with E-state index < -0.39 is 18.2 Å². The van der Waals surface area contributed by atoms with E-state index in [9.17, 15) is 19.8 Å². The predicted octanol–water partition coefficient (Wildman–Crippen LogP) is 10.2. The molecule has 268 valence electrons. The van der Waals surface area contributed by atoms with E-state index in [-0.39, 0.29) is 25.6 Å². The van der Waals surface area contributed by atoms with Gasteiger partial charge in [0.1, 0.15) is 19.3 Å². The third-order valence-electron chi connectivity index (χ3n) is 7.48. The van der Waals surface area contributed by atoms with Gasteiger partial charge in [-0.1, -0.05) is 158 Å². The highest BCUT2D eigenvalue weighted by molar-refractivity contribution is 5.70. The molecule has 0 aromatic rings. The average Bonchev–Trinajstić information content (AvgIpc) is 3.05. The lowest BCUT2D eigenvalue weighted by molar-refractivity contribution is -0.152. The number of unbranched alkanes of at least 4 members (excludes halogenated alkanes) is 9. The number of allylic oxidation sites excluding steroid dienone is 10. The van der Waals surface area contributed by atoms with E-state index in [2.05, 4.69) is 57.2 Å². The summed E-state index contributed by atoms with van der Waals surface area (Å²) in [7, 11) is 0. The van der Waals surface area contributed by atoms with Crippen molar-refractivity contribution in [1.82, 2.24) is 0 Å². The van der Waals surface area contributed by atoms with Gasteiger partial charge in [0.25, 0.3) is 0 Å². The van der Waals surface area contributed by atoms with Crippen molar-refractivity contribution >= 4 is 11.9 Å². The topological polar surface area (TPSA) is 93.1 Å². The monoisotopic (exact) mass is 657 g/mol. The summed E-state index contributed by atoms with van der Waals surface area (Å²) in [5, 5.41) is 20.0. The Kier molecular flexibility index (Phi) is 32.6. The van der Waals surface area contributed by atoms with Crippen LogP contribution in [-0.2, 0) is 19.1 Å². The number of aliphatic hydroxyl groups excluding tert-OH is 2. The molecule has 0 aliphatic rings. The van der Waals surface area contributed by atoms with Crippen molar-refractivity contribution in [2.24, 2.45) is 5.92 Å². The first kappa shape index (κ1) is 44.3. The van der Waals surface area contributed by atoms with Crippen LogP contribution in [0, 0.1) is 5.92 Å². The first-order chi connectivity index (χ1) is 22.8. The van der Waals surface area contributed by atoms with Crippen LogP contribution in [0.5, 0.6) is 0 Å². The van der Waals surface area contributed by atoms with E-state index in [1.807, 2.05) is 30.4 Å². The lowest BCUT2D eigenvalue weighted by Crippen LogP contribution is -2.25. The van der Waals surface area contributed by atoms with Gasteiger partial charge in [0.05, 0.1) is 6.10 Å². The van der Waals surface area contributed by atoms with Gasteiger partial charge in [-0.15, -0.1) is 0 Å². The molecule has 0 rings (SSSR count). The quantitative estimate of drug-likeness (QED) is 0.0334. The average molecular weight is 657 g/mol. The molecule has 0 aliphatic carbocycles. The highest BCUT2D eigenvalue weighted by Gasteiger charge is 2.11. The minimum Gasteiger partial charge on any atom is -0.463 e. The van der Waals surface area contributed by atoms with Crippen LogP contribution in [-0.4, -0.2) is 47.6 Å². The van der Waals surface area contributed by atoms with Crippen molar-refractivity contribution in [3.05, 3.63) is 72.9 Å². The third-order valence-corrected chi connectivity index (χ3v) is 7.48. The number of aliphatic hydroxyl groups is 2. The van der Waals surface area contributed by atoms with Crippen LogP contribution >= 0.6 is 0 Å². The summed E-state index contributed by atoms with van der Waals surface area (Å²) >= 11 is 0. The molecule has 0 aromatic heterocycles. The summed E-state index contributed by atoms with van der Waals surface area (Å²) in [5.74, 6) is 0.0689. The SMILES string of the molecule is CC/C=C\C/C=C\C/C=C\C/C=C\C=C/C(O)C/C=C\CCC(=O)OC[C@@H](O)COC(=O)CCCCCCCCCCCCC(C)C. The first-order valence-corrected chi connectivity index (χ1v) is 18.5. The van der Waals surface area contributed by atoms with E-state index in [1.54, 1.807) is 6.08 Å². The molecule has 0 fully saturated rings. The first-order valence-electron chi connectivity index (χ1n) is 18.5. The second-order valence-electron chi connectivity index (χ2n) is 12.6. The predicted molar refractivity (Wildman–Crippen MR) is 197 cm³/mol. The number of rotatable bonds is 31. The van der Waals surface area contributed by atoms with Gasteiger partial charge in [-0.05, 0) is 50.9 Å². The Morgan fingerprint density at radius 3 is 1.68 bits per heavy atom. The summed E-state index contributed by atoms with van der Waals surface area (Å²) in [5.41, 5.74) is 0. The molecule has 0 heterocycles. The third kappa shape index (κ3) is 36.0. The number of hydrogen-bond acceptors (Lipinski definition) is 6. The van der Waals surface area contributed by atoms with Gasteiger partial charge in [0, 0.05) is 12.8 Å². The molecule has 2 N–H and O–H groups in total. The maximum absolute atomic E-state index is 11.9. The molecule has 47 heavy (non-hydrogen) atoms. The Morgan fingerprint density at radius 2 is 1.11 bits per heavy atom. The zero-order chi connectivity index (χ0) is 34.6. The minimum atomic E-state index is -1.03.